The highest BCUT2D eigenvalue weighted by atomic mass is 16.5. The maximum Gasteiger partial charge on any atom is 0.414 e. The summed E-state index contributed by atoms with van der Waals surface area (Å²) in [6.45, 7) is 2.21. The standard InChI is InChI=1S/C7H10N2O3/c1-2-3-4-12-7(11)9-6(10)5-8/h2-4H2,1H3,(H,9,10,11). The molecule has 0 spiro atoms. The van der Waals surface area contributed by atoms with Crippen molar-refractivity contribution in [2.75, 3.05) is 6.61 Å². The zero-order valence-corrected chi connectivity index (χ0v) is 6.79. The van der Waals surface area contributed by atoms with Crippen molar-refractivity contribution in [3.05, 3.63) is 0 Å². The van der Waals surface area contributed by atoms with Gasteiger partial charge in [-0.05, 0) is 6.42 Å². The molecule has 0 aliphatic carbocycles. The molecule has 5 nitrogen and oxygen atoms in total. The second-order valence-corrected chi connectivity index (χ2v) is 2.06. The van der Waals surface area contributed by atoms with Gasteiger partial charge in [0.05, 0.1) is 6.61 Å². The van der Waals surface area contributed by atoms with Gasteiger partial charge in [-0.2, -0.15) is 5.26 Å². The molecule has 2 amide bonds. The molecule has 0 saturated heterocycles. The van der Waals surface area contributed by atoms with Crippen LogP contribution >= 0.6 is 0 Å². The van der Waals surface area contributed by atoms with Crippen molar-refractivity contribution in [2.24, 2.45) is 0 Å². The first-order chi connectivity index (χ1) is 5.70. The van der Waals surface area contributed by atoms with E-state index in [1.54, 1.807) is 5.32 Å². The smallest absolute Gasteiger partial charge is 0.414 e. The number of nitriles is 1. The summed E-state index contributed by atoms with van der Waals surface area (Å²) in [5, 5.41) is 9.71. The second kappa shape index (κ2) is 6.16. The Morgan fingerprint density at radius 2 is 2.25 bits per heavy atom. The Labute approximate surface area is 70.3 Å². The molecule has 1 N–H and O–H groups in total. The number of carbonyl (C=O) groups excluding carboxylic acids is 2. The third-order valence-corrected chi connectivity index (χ3v) is 1.05. The number of hydrogen-bond acceptors (Lipinski definition) is 4. The van der Waals surface area contributed by atoms with Crippen LogP contribution in [0.25, 0.3) is 0 Å². The van der Waals surface area contributed by atoms with Crippen LogP contribution in [0.3, 0.4) is 0 Å². The summed E-state index contributed by atoms with van der Waals surface area (Å²) in [5.41, 5.74) is 0. The van der Waals surface area contributed by atoms with Crippen LogP contribution in [0.5, 0.6) is 0 Å². The van der Waals surface area contributed by atoms with Gasteiger partial charge in [-0.25, -0.2) is 10.1 Å². The zero-order valence-electron chi connectivity index (χ0n) is 6.79. The minimum atomic E-state index is -1.00. The number of nitrogens with zero attached hydrogens (tertiary/aromatic N) is 1. The largest absolute Gasteiger partial charge is 0.449 e. The first-order valence-corrected chi connectivity index (χ1v) is 3.58. The molecular weight excluding hydrogens is 160 g/mol. The lowest BCUT2D eigenvalue weighted by Gasteiger charge is -2.01. The number of amides is 2. The summed E-state index contributed by atoms with van der Waals surface area (Å²) < 4.78 is 4.53. The summed E-state index contributed by atoms with van der Waals surface area (Å²) in [6.07, 6.45) is 0.781. The number of carbonyl (C=O) groups is 2. The van der Waals surface area contributed by atoms with Crippen LogP contribution in [-0.2, 0) is 9.53 Å². The minimum absolute atomic E-state index is 0.265. The third-order valence-electron chi connectivity index (χ3n) is 1.05. The van der Waals surface area contributed by atoms with E-state index in [4.69, 9.17) is 5.26 Å². The van der Waals surface area contributed by atoms with Gasteiger partial charge in [-0.3, -0.25) is 4.79 Å². The molecule has 0 heterocycles. The highest BCUT2D eigenvalue weighted by molar-refractivity contribution is 6.00. The molecule has 0 fully saturated rings. The molecule has 0 bridgehead atoms. The quantitative estimate of drug-likeness (QED) is 0.495. The first-order valence-electron chi connectivity index (χ1n) is 3.58. The Kier molecular flexibility index (Phi) is 5.35. The Balaban J connectivity index is 3.48. The van der Waals surface area contributed by atoms with Crippen molar-refractivity contribution < 1.29 is 14.3 Å². The van der Waals surface area contributed by atoms with Gasteiger partial charge in [0.1, 0.15) is 0 Å². The van der Waals surface area contributed by atoms with Crippen molar-refractivity contribution in [3.63, 3.8) is 0 Å². The minimum Gasteiger partial charge on any atom is -0.449 e. The van der Waals surface area contributed by atoms with Crippen LogP contribution in [0.15, 0.2) is 0 Å². The lowest BCUT2D eigenvalue weighted by molar-refractivity contribution is -0.115. The predicted molar refractivity (Wildman–Crippen MR) is 40.0 cm³/mol. The Hall–Kier alpha value is -1.57. The summed E-state index contributed by atoms with van der Waals surface area (Å²) >= 11 is 0. The van der Waals surface area contributed by atoms with E-state index in [-0.39, 0.29) is 6.61 Å². The van der Waals surface area contributed by atoms with Crippen LogP contribution in [0.2, 0.25) is 0 Å². The van der Waals surface area contributed by atoms with Gasteiger partial charge in [0.15, 0.2) is 6.07 Å². The van der Waals surface area contributed by atoms with E-state index in [1.165, 1.54) is 6.07 Å². The fraction of sp³-hybridized carbons (Fsp3) is 0.571. The fourth-order valence-corrected chi connectivity index (χ4v) is 0.466. The maximum absolute atomic E-state index is 10.6. The molecule has 0 aromatic rings. The number of ether oxygens (including phenoxy) is 1. The predicted octanol–water partition coefficient (Wildman–Crippen LogP) is 0.563. The van der Waals surface area contributed by atoms with Crippen LogP contribution in [0.4, 0.5) is 4.79 Å². The van der Waals surface area contributed by atoms with Crippen LogP contribution in [0, 0.1) is 11.3 Å². The normalized spacial score (nSPS) is 8.33. The van der Waals surface area contributed by atoms with E-state index in [9.17, 15) is 9.59 Å². The van der Waals surface area contributed by atoms with Crippen molar-refractivity contribution in [1.82, 2.24) is 5.32 Å². The molecule has 0 aliphatic rings. The van der Waals surface area contributed by atoms with Gasteiger partial charge < -0.3 is 4.74 Å². The lowest BCUT2D eigenvalue weighted by atomic mass is 10.4. The van der Waals surface area contributed by atoms with Gasteiger partial charge in [-0.15, -0.1) is 0 Å². The van der Waals surface area contributed by atoms with Crippen molar-refractivity contribution >= 4 is 12.0 Å². The highest BCUT2D eigenvalue weighted by Gasteiger charge is 2.05. The summed E-state index contributed by atoms with van der Waals surface area (Å²) in [7, 11) is 0. The van der Waals surface area contributed by atoms with Gasteiger partial charge in [-0.1, -0.05) is 13.3 Å². The molecule has 0 unspecified atom stereocenters. The maximum atomic E-state index is 10.6. The van der Waals surface area contributed by atoms with Gasteiger partial charge >= 0.3 is 12.0 Å². The molecule has 0 saturated carbocycles. The molecule has 5 heteroatoms. The molecule has 0 aromatic carbocycles. The van der Waals surface area contributed by atoms with Gasteiger partial charge in [0.2, 0.25) is 0 Å². The SMILES string of the molecule is CCCCOC(=O)NC(=O)C#N. The third kappa shape index (κ3) is 5.23. The van der Waals surface area contributed by atoms with E-state index in [1.807, 2.05) is 6.92 Å². The average Bonchev–Trinajstić information content (AvgIpc) is 2.05. The topological polar surface area (TPSA) is 79.2 Å². The number of nitrogens with one attached hydrogen (secondary N) is 1. The van der Waals surface area contributed by atoms with E-state index < -0.39 is 12.0 Å². The average molecular weight is 170 g/mol. The van der Waals surface area contributed by atoms with E-state index in [0.29, 0.717) is 0 Å². The zero-order chi connectivity index (χ0) is 9.40. The molecule has 0 atom stereocenters. The number of hydrogen-bond donors (Lipinski definition) is 1. The fourth-order valence-electron chi connectivity index (χ4n) is 0.466. The molecule has 66 valence electrons. The molecule has 0 aliphatic heterocycles. The highest BCUT2D eigenvalue weighted by Crippen LogP contribution is 1.87. The second-order valence-electron chi connectivity index (χ2n) is 2.06. The Morgan fingerprint density at radius 1 is 1.58 bits per heavy atom. The Bertz CT molecular complexity index is 207. The monoisotopic (exact) mass is 170 g/mol. The molecular formula is C7H10N2O3. The van der Waals surface area contributed by atoms with E-state index >= 15 is 0 Å². The van der Waals surface area contributed by atoms with Crippen LogP contribution < -0.4 is 5.32 Å². The van der Waals surface area contributed by atoms with Crippen LogP contribution in [-0.4, -0.2) is 18.6 Å². The van der Waals surface area contributed by atoms with Gasteiger partial charge in [0, 0.05) is 0 Å². The van der Waals surface area contributed by atoms with E-state index in [2.05, 4.69) is 4.74 Å². The van der Waals surface area contributed by atoms with Crippen LogP contribution in [0.1, 0.15) is 19.8 Å². The van der Waals surface area contributed by atoms with Crippen molar-refractivity contribution in [3.8, 4) is 6.07 Å². The van der Waals surface area contributed by atoms with E-state index in [0.717, 1.165) is 12.8 Å². The van der Waals surface area contributed by atoms with Crippen molar-refractivity contribution in [1.29, 1.82) is 5.26 Å². The summed E-state index contributed by atoms with van der Waals surface area (Å²) in [4.78, 5) is 20.9. The van der Waals surface area contributed by atoms with Crippen molar-refractivity contribution in [2.45, 2.75) is 19.8 Å². The van der Waals surface area contributed by atoms with Gasteiger partial charge in [0.25, 0.3) is 0 Å². The molecule has 0 aromatic heterocycles. The lowest BCUT2D eigenvalue weighted by Crippen LogP contribution is -2.29. The molecule has 0 radical (unpaired) electrons. The number of rotatable bonds is 3. The summed E-state index contributed by atoms with van der Waals surface area (Å²) in [5.74, 6) is -1.00. The number of unbranched alkanes of at least 4 members (excludes halogenated alkanes) is 1. The number of imide groups is 1. The molecule has 12 heavy (non-hydrogen) atoms. The first kappa shape index (κ1) is 10.4. The molecule has 0 rings (SSSR count). The Morgan fingerprint density at radius 3 is 2.75 bits per heavy atom. The summed E-state index contributed by atoms with van der Waals surface area (Å²) in [6, 6.07) is 1.24. The number of alkyl carbamates (subject to hydrolysis) is 1.